The first-order valence-electron chi connectivity index (χ1n) is 12.3. The molecule has 1 atom stereocenters. The van der Waals surface area contributed by atoms with E-state index in [1.54, 1.807) is 29.9 Å². The molecule has 11 heteroatoms. The number of ether oxygens (including phenoxy) is 3. The van der Waals surface area contributed by atoms with E-state index in [0.717, 1.165) is 19.5 Å². The summed E-state index contributed by atoms with van der Waals surface area (Å²) in [4.78, 5) is 25.1. The van der Waals surface area contributed by atoms with Gasteiger partial charge < -0.3 is 24.4 Å². The minimum absolute atomic E-state index is 0.139. The lowest BCUT2D eigenvalue weighted by molar-refractivity contribution is 0.0556. The summed E-state index contributed by atoms with van der Waals surface area (Å²) in [6, 6.07) is 3.35. The zero-order valence-corrected chi connectivity index (χ0v) is 23.3. The lowest BCUT2D eigenvalue weighted by atomic mass is 10.0. The Balaban J connectivity index is 1.83. The Bertz CT molecular complexity index is 1330. The molecular formula is C26H33Cl2N5O4. The average Bonchev–Trinajstić information content (AvgIpc) is 3.29. The van der Waals surface area contributed by atoms with Gasteiger partial charge >= 0.3 is 0 Å². The summed E-state index contributed by atoms with van der Waals surface area (Å²) in [5, 5.41) is 4.06. The van der Waals surface area contributed by atoms with Crippen LogP contribution >= 0.6 is 23.2 Å². The monoisotopic (exact) mass is 549 g/mol. The number of nitrogens with one attached hydrogen (secondary N) is 1. The van der Waals surface area contributed by atoms with Crippen LogP contribution in [0.15, 0.2) is 23.1 Å². The molecule has 0 radical (unpaired) electrons. The molecule has 9 nitrogen and oxygen atoms in total. The number of rotatable bonds is 10. The van der Waals surface area contributed by atoms with Crippen molar-refractivity contribution in [2.75, 3.05) is 52.8 Å². The van der Waals surface area contributed by atoms with Gasteiger partial charge in [0.15, 0.2) is 0 Å². The first-order valence-corrected chi connectivity index (χ1v) is 13.1. The van der Waals surface area contributed by atoms with Crippen molar-refractivity contribution in [1.29, 1.82) is 0 Å². The quantitative estimate of drug-likeness (QED) is 0.393. The molecule has 3 aromatic rings. The van der Waals surface area contributed by atoms with E-state index in [4.69, 9.17) is 37.4 Å². The molecule has 37 heavy (non-hydrogen) atoms. The second-order valence-corrected chi connectivity index (χ2v) is 10.3. The molecule has 4 rings (SSSR count). The Morgan fingerprint density at radius 2 is 1.97 bits per heavy atom. The summed E-state index contributed by atoms with van der Waals surface area (Å²) in [6.07, 6.45) is 2.77. The number of fused-ring (bicyclic) bond motifs is 1. The third-order valence-electron chi connectivity index (χ3n) is 6.26. The Kier molecular flexibility index (Phi) is 8.79. The predicted octanol–water partition coefficient (Wildman–Crippen LogP) is 4.57. The summed E-state index contributed by atoms with van der Waals surface area (Å²) >= 11 is 13.5. The minimum atomic E-state index is -0.299. The summed E-state index contributed by atoms with van der Waals surface area (Å²) < 4.78 is 19.1. The number of methoxy groups -OCH3 is 1. The van der Waals surface area contributed by atoms with Crippen molar-refractivity contribution >= 4 is 40.2 Å². The van der Waals surface area contributed by atoms with E-state index in [-0.39, 0.29) is 27.6 Å². The summed E-state index contributed by atoms with van der Waals surface area (Å²) in [7, 11) is 5.31. The number of nitrogens with zero attached hydrogens (tertiary/aromatic N) is 4. The fraction of sp³-hybridized carbons (Fsp3) is 0.500. The lowest BCUT2D eigenvalue weighted by Crippen LogP contribution is -2.27. The molecule has 0 bridgehead atoms. The first-order chi connectivity index (χ1) is 17.7. The molecule has 3 heterocycles. The molecule has 1 unspecified atom stereocenters. The maximum atomic E-state index is 14.0. The second-order valence-electron chi connectivity index (χ2n) is 9.57. The van der Waals surface area contributed by atoms with Gasteiger partial charge in [0.2, 0.25) is 5.95 Å². The topological polar surface area (TPSA) is 90.7 Å². The van der Waals surface area contributed by atoms with Gasteiger partial charge in [-0.05, 0) is 25.5 Å². The van der Waals surface area contributed by atoms with Crippen molar-refractivity contribution in [3.05, 3.63) is 38.7 Å². The Morgan fingerprint density at radius 3 is 2.62 bits per heavy atom. The van der Waals surface area contributed by atoms with Crippen molar-refractivity contribution in [2.24, 2.45) is 5.92 Å². The molecule has 0 saturated carbocycles. The van der Waals surface area contributed by atoms with E-state index in [2.05, 4.69) is 27.2 Å². The highest BCUT2D eigenvalue weighted by Crippen LogP contribution is 2.45. The normalized spacial score (nSPS) is 16.1. The highest BCUT2D eigenvalue weighted by atomic mass is 35.5. The Morgan fingerprint density at radius 1 is 1.22 bits per heavy atom. The smallest absolute Gasteiger partial charge is 0.260 e. The summed E-state index contributed by atoms with van der Waals surface area (Å²) in [5.41, 5.74) is 0.842. The fourth-order valence-electron chi connectivity index (χ4n) is 4.34. The lowest BCUT2D eigenvalue weighted by Gasteiger charge is -2.19. The number of likely N-dealkylation sites (N-methyl/N-ethyl adjacent to an activating group) is 1. The third kappa shape index (κ3) is 5.95. The number of anilines is 1. The van der Waals surface area contributed by atoms with Crippen molar-refractivity contribution in [1.82, 2.24) is 19.4 Å². The SMILES string of the molecule is CNc1ncc2cc(-c3c(Cl)c(OC)cc(OCC(C)C)c3Cl)c(=O)n(CCOC3CCN(C)C3)c2n1. The number of pyridine rings is 1. The van der Waals surface area contributed by atoms with Crippen LogP contribution in [0.5, 0.6) is 11.5 Å². The highest BCUT2D eigenvalue weighted by molar-refractivity contribution is 6.41. The van der Waals surface area contributed by atoms with Crippen molar-refractivity contribution in [3.63, 3.8) is 0 Å². The Labute approximate surface area is 226 Å². The van der Waals surface area contributed by atoms with Gasteiger partial charge in [0, 0.05) is 43.4 Å². The van der Waals surface area contributed by atoms with Gasteiger partial charge in [0.05, 0.1) is 48.6 Å². The van der Waals surface area contributed by atoms with Crippen LogP contribution < -0.4 is 20.3 Å². The second kappa shape index (κ2) is 11.9. The van der Waals surface area contributed by atoms with Gasteiger partial charge in [-0.2, -0.15) is 4.98 Å². The summed E-state index contributed by atoms with van der Waals surface area (Å²) in [5.74, 6) is 1.44. The number of hydrogen-bond donors (Lipinski definition) is 1. The van der Waals surface area contributed by atoms with Crippen LogP contribution in [0.4, 0.5) is 5.95 Å². The maximum Gasteiger partial charge on any atom is 0.260 e. The molecule has 0 spiro atoms. The molecule has 200 valence electrons. The van der Waals surface area contributed by atoms with Crippen LogP contribution in [0.25, 0.3) is 22.2 Å². The number of likely N-dealkylation sites (tertiary alicyclic amines) is 1. The standard InChI is InChI=1S/C26H33Cl2N5O4/c1-15(2)14-37-20-11-19(35-5)22(27)21(23(20)28)18-10-16-12-30-26(29-3)31-24(16)33(25(18)34)8-9-36-17-6-7-32(4)13-17/h10-12,15,17H,6-9,13-14H2,1-5H3,(H,29,30,31). The van der Waals surface area contributed by atoms with Crippen molar-refractivity contribution < 1.29 is 14.2 Å². The molecule has 1 aliphatic heterocycles. The van der Waals surface area contributed by atoms with Crippen molar-refractivity contribution in [3.8, 4) is 22.6 Å². The van der Waals surface area contributed by atoms with E-state index < -0.39 is 0 Å². The van der Waals surface area contributed by atoms with E-state index in [1.165, 1.54) is 7.11 Å². The van der Waals surface area contributed by atoms with Gasteiger partial charge in [-0.3, -0.25) is 9.36 Å². The molecule has 0 aliphatic carbocycles. The van der Waals surface area contributed by atoms with Crippen LogP contribution in [-0.4, -0.2) is 73.0 Å². The molecule has 2 aromatic heterocycles. The average molecular weight is 550 g/mol. The molecule has 1 saturated heterocycles. The highest BCUT2D eigenvalue weighted by Gasteiger charge is 2.24. The molecule has 0 amide bonds. The minimum Gasteiger partial charge on any atom is -0.495 e. The number of hydrogen-bond acceptors (Lipinski definition) is 8. The zero-order chi connectivity index (χ0) is 26.7. The maximum absolute atomic E-state index is 14.0. The number of aromatic nitrogens is 3. The number of halogens is 2. The van der Waals surface area contributed by atoms with Gasteiger partial charge in [0.25, 0.3) is 5.56 Å². The van der Waals surface area contributed by atoms with Crippen molar-refractivity contribution in [2.45, 2.75) is 32.9 Å². The van der Waals surface area contributed by atoms with Gasteiger partial charge in [-0.25, -0.2) is 4.98 Å². The molecule has 1 aromatic carbocycles. The largest absolute Gasteiger partial charge is 0.495 e. The van der Waals surface area contributed by atoms with E-state index in [0.29, 0.717) is 59.4 Å². The van der Waals surface area contributed by atoms with Crippen LogP contribution in [0.2, 0.25) is 10.0 Å². The number of benzene rings is 1. The molecular weight excluding hydrogens is 517 g/mol. The van der Waals surface area contributed by atoms with Crippen LogP contribution in [-0.2, 0) is 11.3 Å². The van der Waals surface area contributed by atoms with E-state index in [1.807, 2.05) is 13.8 Å². The predicted molar refractivity (Wildman–Crippen MR) is 148 cm³/mol. The van der Waals surface area contributed by atoms with Gasteiger partial charge in [-0.15, -0.1) is 0 Å². The Hall–Kier alpha value is -2.59. The van der Waals surface area contributed by atoms with E-state index in [9.17, 15) is 4.79 Å². The van der Waals surface area contributed by atoms with Crippen LogP contribution in [0, 0.1) is 5.92 Å². The van der Waals surface area contributed by atoms with Crippen LogP contribution in [0.3, 0.4) is 0 Å². The first kappa shape index (κ1) is 27.4. The van der Waals surface area contributed by atoms with Gasteiger partial charge in [0.1, 0.15) is 17.1 Å². The third-order valence-corrected chi connectivity index (χ3v) is 7.01. The summed E-state index contributed by atoms with van der Waals surface area (Å²) in [6.45, 7) is 7.05. The van der Waals surface area contributed by atoms with Crippen LogP contribution in [0.1, 0.15) is 20.3 Å². The fourth-order valence-corrected chi connectivity index (χ4v) is 5.02. The molecule has 1 N–H and O–H groups in total. The molecule has 1 fully saturated rings. The molecule has 1 aliphatic rings. The van der Waals surface area contributed by atoms with E-state index >= 15 is 0 Å². The zero-order valence-electron chi connectivity index (χ0n) is 21.8. The van der Waals surface area contributed by atoms with Gasteiger partial charge in [-0.1, -0.05) is 37.0 Å².